The highest BCUT2D eigenvalue weighted by atomic mass is 16.5. The van der Waals surface area contributed by atoms with Gasteiger partial charge in [0.2, 0.25) is 0 Å². The second kappa shape index (κ2) is 7.41. The first-order valence-electron chi connectivity index (χ1n) is 8.13. The van der Waals surface area contributed by atoms with E-state index in [2.05, 4.69) is 22.4 Å². The summed E-state index contributed by atoms with van der Waals surface area (Å²) in [6.07, 6.45) is 9.73. The molecule has 1 aromatic carbocycles. The number of ether oxygens (including phenoxy) is 1. The Balaban J connectivity index is 1.39. The van der Waals surface area contributed by atoms with Gasteiger partial charge in [0.1, 0.15) is 5.75 Å². The second-order valence-electron chi connectivity index (χ2n) is 5.85. The zero-order valence-electron chi connectivity index (χ0n) is 12.6. The van der Waals surface area contributed by atoms with Crippen LogP contribution in [0.15, 0.2) is 36.5 Å². The van der Waals surface area contributed by atoms with Gasteiger partial charge in [0, 0.05) is 11.4 Å². The Morgan fingerprint density at radius 3 is 2.90 bits per heavy atom. The van der Waals surface area contributed by atoms with Crippen LogP contribution in [0.2, 0.25) is 0 Å². The van der Waals surface area contributed by atoms with Crippen molar-refractivity contribution < 1.29 is 4.74 Å². The van der Waals surface area contributed by atoms with Gasteiger partial charge in [-0.25, -0.2) is 0 Å². The van der Waals surface area contributed by atoms with Crippen molar-refractivity contribution in [2.24, 2.45) is 0 Å². The van der Waals surface area contributed by atoms with Crippen LogP contribution in [0.3, 0.4) is 0 Å². The Morgan fingerprint density at radius 2 is 2.00 bits per heavy atom. The minimum Gasteiger partial charge on any atom is -0.492 e. The van der Waals surface area contributed by atoms with Crippen molar-refractivity contribution in [3.63, 3.8) is 0 Å². The highest BCUT2D eigenvalue weighted by molar-refractivity contribution is 5.79. The summed E-state index contributed by atoms with van der Waals surface area (Å²) in [6.45, 7) is 1.80. The summed E-state index contributed by atoms with van der Waals surface area (Å²) in [5.41, 5.74) is 1.02. The number of aromatic nitrogens is 1. The van der Waals surface area contributed by atoms with E-state index >= 15 is 0 Å². The molecule has 2 aromatic rings. The SMILES string of the molecule is c1ccc2ncc(OCCCNC3CCCCC3)cc2c1. The molecular formula is C18H24N2O. The fourth-order valence-electron chi connectivity index (χ4n) is 3.00. The maximum atomic E-state index is 5.80. The molecule has 0 aliphatic heterocycles. The highest BCUT2D eigenvalue weighted by Crippen LogP contribution is 2.18. The van der Waals surface area contributed by atoms with Gasteiger partial charge in [0.15, 0.2) is 0 Å². The summed E-state index contributed by atoms with van der Waals surface area (Å²) in [5, 5.41) is 4.78. The molecule has 0 unspecified atom stereocenters. The van der Waals surface area contributed by atoms with E-state index in [0.29, 0.717) is 0 Å². The lowest BCUT2D eigenvalue weighted by atomic mass is 9.95. The van der Waals surface area contributed by atoms with Crippen LogP contribution in [-0.2, 0) is 0 Å². The van der Waals surface area contributed by atoms with Crippen LogP contribution in [0.1, 0.15) is 38.5 Å². The molecule has 1 aromatic heterocycles. The molecule has 1 aliphatic rings. The first kappa shape index (κ1) is 14.3. The Bertz CT molecular complexity index is 564. The lowest BCUT2D eigenvalue weighted by molar-refractivity contribution is 0.296. The zero-order valence-corrected chi connectivity index (χ0v) is 12.6. The standard InChI is InChI=1S/C18H24N2O/c1-2-8-16(9-3-1)19-11-6-12-21-17-13-15-7-4-5-10-18(15)20-14-17/h4-5,7,10,13-14,16,19H,1-3,6,8-9,11-12H2. The Hall–Kier alpha value is -1.61. The molecule has 0 saturated heterocycles. The van der Waals surface area contributed by atoms with Crippen LogP contribution >= 0.6 is 0 Å². The van der Waals surface area contributed by atoms with E-state index in [0.717, 1.165) is 42.3 Å². The fraction of sp³-hybridized carbons (Fsp3) is 0.500. The highest BCUT2D eigenvalue weighted by Gasteiger charge is 2.11. The lowest BCUT2D eigenvalue weighted by Crippen LogP contribution is -2.32. The number of benzene rings is 1. The summed E-state index contributed by atoms with van der Waals surface area (Å²) in [6, 6.07) is 10.9. The molecule has 21 heavy (non-hydrogen) atoms. The number of pyridine rings is 1. The van der Waals surface area contributed by atoms with Crippen LogP contribution < -0.4 is 10.1 Å². The van der Waals surface area contributed by atoms with Gasteiger partial charge in [-0.05, 0) is 37.9 Å². The number of rotatable bonds is 6. The fourth-order valence-corrected chi connectivity index (χ4v) is 3.00. The molecule has 3 nitrogen and oxygen atoms in total. The van der Waals surface area contributed by atoms with E-state index in [1.807, 2.05) is 24.4 Å². The third-order valence-electron chi connectivity index (χ3n) is 4.19. The first-order chi connectivity index (χ1) is 10.4. The number of nitrogens with zero attached hydrogens (tertiary/aromatic N) is 1. The van der Waals surface area contributed by atoms with Crippen molar-refractivity contribution in [1.82, 2.24) is 10.3 Å². The zero-order chi connectivity index (χ0) is 14.3. The molecule has 1 fully saturated rings. The summed E-state index contributed by atoms with van der Waals surface area (Å²) in [7, 11) is 0. The van der Waals surface area contributed by atoms with Crippen molar-refractivity contribution in [2.75, 3.05) is 13.2 Å². The van der Waals surface area contributed by atoms with E-state index < -0.39 is 0 Å². The molecule has 3 rings (SSSR count). The summed E-state index contributed by atoms with van der Waals surface area (Å²) in [4.78, 5) is 4.41. The van der Waals surface area contributed by atoms with E-state index in [-0.39, 0.29) is 0 Å². The Labute approximate surface area is 126 Å². The molecule has 0 spiro atoms. The first-order valence-corrected chi connectivity index (χ1v) is 8.13. The average molecular weight is 284 g/mol. The predicted molar refractivity (Wildman–Crippen MR) is 86.7 cm³/mol. The van der Waals surface area contributed by atoms with Crippen LogP contribution in [0.5, 0.6) is 5.75 Å². The Kier molecular flexibility index (Phi) is 5.06. The lowest BCUT2D eigenvalue weighted by Gasteiger charge is -2.22. The molecule has 3 heteroatoms. The smallest absolute Gasteiger partial charge is 0.138 e. The topological polar surface area (TPSA) is 34.1 Å². The molecule has 1 aliphatic carbocycles. The second-order valence-corrected chi connectivity index (χ2v) is 5.85. The predicted octanol–water partition coefficient (Wildman–Crippen LogP) is 3.93. The van der Waals surface area contributed by atoms with E-state index in [1.54, 1.807) is 0 Å². The largest absolute Gasteiger partial charge is 0.492 e. The normalized spacial score (nSPS) is 16.2. The number of hydrogen-bond donors (Lipinski definition) is 1. The third-order valence-corrected chi connectivity index (χ3v) is 4.19. The summed E-state index contributed by atoms with van der Waals surface area (Å²) < 4.78 is 5.80. The molecule has 0 amide bonds. The van der Waals surface area contributed by atoms with Gasteiger partial charge in [-0.3, -0.25) is 4.98 Å². The van der Waals surface area contributed by atoms with Crippen LogP contribution in [0.4, 0.5) is 0 Å². The minimum absolute atomic E-state index is 0.737. The molecular weight excluding hydrogens is 260 g/mol. The van der Waals surface area contributed by atoms with Gasteiger partial charge in [0.05, 0.1) is 18.3 Å². The van der Waals surface area contributed by atoms with Crippen molar-refractivity contribution >= 4 is 10.9 Å². The summed E-state index contributed by atoms with van der Waals surface area (Å²) >= 11 is 0. The van der Waals surface area contributed by atoms with Crippen molar-refractivity contribution in [1.29, 1.82) is 0 Å². The van der Waals surface area contributed by atoms with Gasteiger partial charge in [-0.1, -0.05) is 37.5 Å². The van der Waals surface area contributed by atoms with Crippen molar-refractivity contribution in [3.8, 4) is 5.75 Å². The van der Waals surface area contributed by atoms with Crippen LogP contribution in [-0.4, -0.2) is 24.2 Å². The monoisotopic (exact) mass is 284 g/mol. The van der Waals surface area contributed by atoms with Gasteiger partial charge >= 0.3 is 0 Å². The maximum Gasteiger partial charge on any atom is 0.138 e. The minimum atomic E-state index is 0.737. The quantitative estimate of drug-likeness (QED) is 0.816. The molecule has 1 N–H and O–H groups in total. The molecule has 112 valence electrons. The number of para-hydroxylation sites is 1. The number of hydrogen-bond acceptors (Lipinski definition) is 3. The Morgan fingerprint density at radius 1 is 1.14 bits per heavy atom. The van der Waals surface area contributed by atoms with E-state index in [9.17, 15) is 0 Å². The average Bonchev–Trinajstić information content (AvgIpc) is 2.55. The molecule has 0 atom stereocenters. The third kappa shape index (κ3) is 4.18. The molecule has 0 radical (unpaired) electrons. The van der Waals surface area contributed by atoms with Gasteiger partial charge in [-0.15, -0.1) is 0 Å². The van der Waals surface area contributed by atoms with E-state index in [1.165, 1.54) is 32.1 Å². The number of nitrogens with one attached hydrogen (secondary N) is 1. The van der Waals surface area contributed by atoms with Crippen molar-refractivity contribution in [3.05, 3.63) is 36.5 Å². The number of fused-ring (bicyclic) bond motifs is 1. The van der Waals surface area contributed by atoms with Gasteiger partial charge < -0.3 is 10.1 Å². The van der Waals surface area contributed by atoms with Gasteiger partial charge in [0.25, 0.3) is 0 Å². The summed E-state index contributed by atoms with van der Waals surface area (Å²) in [5.74, 6) is 0.867. The van der Waals surface area contributed by atoms with E-state index in [4.69, 9.17) is 4.74 Å². The van der Waals surface area contributed by atoms with Crippen molar-refractivity contribution in [2.45, 2.75) is 44.6 Å². The van der Waals surface area contributed by atoms with Crippen LogP contribution in [0, 0.1) is 0 Å². The molecule has 1 heterocycles. The maximum absolute atomic E-state index is 5.80. The van der Waals surface area contributed by atoms with Gasteiger partial charge in [-0.2, -0.15) is 0 Å². The molecule has 1 saturated carbocycles. The molecule has 0 bridgehead atoms. The van der Waals surface area contributed by atoms with Crippen LogP contribution in [0.25, 0.3) is 10.9 Å².